The molecule has 0 bridgehead atoms. The van der Waals surface area contributed by atoms with Gasteiger partial charge in [0.15, 0.2) is 0 Å². The normalized spacial score (nSPS) is 14.2. The number of anilines is 1. The van der Waals surface area contributed by atoms with Crippen LogP contribution in [0.15, 0.2) is 36.4 Å². The predicted octanol–water partition coefficient (Wildman–Crippen LogP) is 4.62. The lowest BCUT2D eigenvalue weighted by Crippen LogP contribution is -2.27. The quantitative estimate of drug-likeness (QED) is 0.657. The number of ether oxygens (including phenoxy) is 1. The number of carbonyl (C=O) groups excluding carboxylic acids is 1. The zero-order valence-electron chi connectivity index (χ0n) is 17.3. The van der Waals surface area contributed by atoms with Crippen LogP contribution in [-0.4, -0.2) is 32.2 Å². The van der Waals surface area contributed by atoms with E-state index in [-0.39, 0.29) is 5.91 Å². The average Bonchev–Trinajstić information content (AvgIpc) is 3.18. The van der Waals surface area contributed by atoms with Gasteiger partial charge in [0.25, 0.3) is 5.91 Å². The Bertz CT molecular complexity index is 810. The van der Waals surface area contributed by atoms with Crippen LogP contribution < -0.4 is 10.6 Å². The fraction of sp³-hybridized carbons (Fsp3) is 0.458. The maximum atomic E-state index is 12.4. The standard InChI is InChI=1S/C24H32N2O2/c1-17-8-9-19(16-23(17)24(27)25-12-13-28-3)15-20-10-11-22(14-18(20)2)26-21-6-4-5-7-21/h8-11,14,16,21,26H,4-7,12-13,15H2,1-3H3,(H,25,27). The summed E-state index contributed by atoms with van der Waals surface area (Å²) in [4.78, 5) is 12.4. The topological polar surface area (TPSA) is 50.4 Å². The maximum absolute atomic E-state index is 12.4. The van der Waals surface area contributed by atoms with Gasteiger partial charge in [0.05, 0.1) is 6.61 Å². The van der Waals surface area contributed by atoms with E-state index in [4.69, 9.17) is 4.74 Å². The van der Waals surface area contributed by atoms with Gasteiger partial charge in [-0.25, -0.2) is 0 Å². The van der Waals surface area contributed by atoms with Crippen molar-refractivity contribution in [2.75, 3.05) is 25.6 Å². The molecule has 2 N–H and O–H groups in total. The molecule has 0 radical (unpaired) electrons. The van der Waals surface area contributed by atoms with Crippen LogP contribution in [0.25, 0.3) is 0 Å². The van der Waals surface area contributed by atoms with Crippen LogP contribution >= 0.6 is 0 Å². The summed E-state index contributed by atoms with van der Waals surface area (Å²) in [6, 6.07) is 13.4. The van der Waals surface area contributed by atoms with Gasteiger partial charge in [-0.3, -0.25) is 4.79 Å². The first kappa shape index (κ1) is 20.4. The lowest BCUT2D eigenvalue weighted by atomic mass is 9.96. The minimum atomic E-state index is -0.0377. The summed E-state index contributed by atoms with van der Waals surface area (Å²) < 4.78 is 5.01. The van der Waals surface area contributed by atoms with Crippen LogP contribution in [0.3, 0.4) is 0 Å². The Hall–Kier alpha value is -2.33. The molecule has 0 spiro atoms. The molecular weight excluding hydrogens is 348 g/mol. The Morgan fingerprint density at radius 1 is 1.07 bits per heavy atom. The number of aryl methyl sites for hydroxylation is 2. The molecule has 1 aliphatic rings. The van der Waals surface area contributed by atoms with Gasteiger partial charge in [0.1, 0.15) is 0 Å². The van der Waals surface area contributed by atoms with Gasteiger partial charge in [-0.05, 0) is 73.6 Å². The summed E-state index contributed by atoms with van der Waals surface area (Å²) in [5, 5.41) is 6.58. The molecule has 2 aromatic carbocycles. The van der Waals surface area contributed by atoms with Gasteiger partial charge >= 0.3 is 0 Å². The van der Waals surface area contributed by atoms with E-state index in [9.17, 15) is 4.79 Å². The Balaban J connectivity index is 1.69. The van der Waals surface area contributed by atoms with Gasteiger partial charge in [-0.15, -0.1) is 0 Å². The number of rotatable bonds is 8. The van der Waals surface area contributed by atoms with E-state index in [0.29, 0.717) is 19.2 Å². The molecule has 0 unspecified atom stereocenters. The molecule has 3 rings (SSSR count). The van der Waals surface area contributed by atoms with Crippen molar-refractivity contribution in [1.82, 2.24) is 5.32 Å². The first-order chi connectivity index (χ1) is 13.6. The molecule has 0 heterocycles. The Kier molecular flexibility index (Phi) is 7.10. The maximum Gasteiger partial charge on any atom is 0.251 e. The third-order valence-corrected chi connectivity index (χ3v) is 5.60. The molecule has 1 aliphatic carbocycles. The van der Waals surface area contributed by atoms with E-state index in [1.807, 2.05) is 19.1 Å². The summed E-state index contributed by atoms with van der Waals surface area (Å²) in [7, 11) is 1.63. The van der Waals surface area contributed by atoms with E-state index in [2.05, 4.69) is 41.8 Å². The molecule has 0 aromatic heterocycles. The highest BCUT2D eigenvalue weighted by molar-refractivity contribution is 5.95. The van der Waals surface area contributed by atoms with Crippen LogP contribution in [0.4, 0.5) is 5.69 Å². The van der Waals surface area contributed by atoms with Crippen molar-refractivity contribution < 1.29 is 9.53 Å². The molecule has 1 fully saturated rings. The number of benzene rings is 2. The molecule has 150 valence electrons. The number of hydrogen-bond donors (Lipinski definition) is 2. The molecular formula is C24H32N2O2. The lowest BCUT2D eigenvalue weighted by Gasteiger charge is -2.16. The van der Waals surface area contributed by atoms with Crippen molar-refractivity contribution in [3.8, 4) is 0 Å². The van der Waals surface area contributed by atoms with E-state index in [1.54, 1.807) is 7.11 Å². The number of hydrogen-bond acceptors (Lipinski definition) is 3. The molecule has 4 nitrogen and oxygen atoms in total. The molecule has 0 saturated heterocycles. The third-order valence-electron chi connectivity index (χ3n) is 5.60. The van der Waals surface area contributed by atoms with E-state index >= 15 is 0 Å². The van der Waals surface area contributed by atoms with Gasteiger partial charge in [-0.1, -0.05) is 31.0 Å². The van der Waals surface area contributed by atoms with Gasteiger partial charge in [0, 0.05) is 30.9 Å². The van der Waals surface area contributed by atoms with E-state index in [1.165, 1.54) is 42.5 Å². The first-order valence-corrected chi connectivity index (χ1v) is 10.3. The van der Waals surface area contributed by atoms with Crippen molar-refractivity contribution in [3.05, 3.63) is 64.2 Å². The highest BCUT2D eigenvalue weighted by Crippen LogP contribution is 2.25. The number of methoxy groups -OCH3 is 1. The summed E-state index contributed by atoms with van der Waals surface area (Å²) >= 11 is 0. The Labute approximate surface area is 168 Å². The first-order valence-electron chi connectivity index (χ1n) is 10.3. The molecule has 1 amide bonds. The fourth-order valence-electron chi connectivity index (χ4n) is 3.90. The molecule has 4 heteroatoms. The van der Waals surface area contributed by atoms with Crippen molar-refractivity contribution in [3.63, 3.8) is 0 Å². The molecule has 1 saturated carbocycles. The van der Waals surface area contributed by atoms with Crippen LogP contribution in [0.2, 0.25) is 0 Å². The second kappa shape index (κ2) is 9.74. The number of carbonyl (C=O) groups is 1. The van der Waals surface area contributed by atoms with Crippen molar-refractivity contribution in [2.24, 2.45) is 0 Å². The summed E-state index contributed by atoms with van der Waals surface area (Å²) in [5.41, 5.74) is 6.69. The molecule has 0 atom stereocenters. The number of amides is 1. The smallest absolute Gasteiger partial charge is 0.251 e. The monoisotopic (exact) mass is 380 g/mol. The van der Waals surface area contributed by atoms with E-state index in [0.717, 1.165) is 23.1 Å². The van der Waals surface area contributed by atoms with Crippen LogP contribution in [0.1, 0.15) is 58.3 Å². The molecule has 2 aromatic rings. The van der Waals surface area contributed by atoms with Crippen LogP contribution in [0.5, 0.6) is 0 Å². The van der Waals surface area contributed by atoms with Crippen LogP contribution in [-0.2, 0) is 11.2 Å². The molecule has 0 aliphatic heterocycles. The van der Waals surface area contributed by atoms with Crippen molar-refractivity contribution in [1.29, 1.82) is 0 Å². The Morgan fingerprint density at radius 2 is 1.86 bits per heavy atom. The lowest BCUT2D eigenvalue weighted by molar-refractivity contribution is 0.0936. The van der Waals surface area contributed by atoms with Crippen LogP contribution in [0, 0.1) is 13.8 Å². The van der Waals surface area contributed by atoms with Crippen molar-refractivity contribution in [2.45, 2.75) is 52.0 Å². The average molecular weight is 381 g/mol. The van der Waals surface area contributed by atoms with Gasteiger partial charge in [-0.2, -0.15) is 0 Å². The zero-order valence-corrected chi connectivity index (χ0v) is 17.3. The highest BCUT2D eigenvalue weighted by Gasteiger charge is 2.15. The second-order valence-electron chi connectivity index (χ2n) is 7.84. The highest BCUT2D eigenvalue weighted by atomic mass is 16.5. The SMILES string of the molecule is COCCNC(=O)c1cc(Cc2ccc(NC3CCCC3)cc2C)ccc1C. The minimum Gasteiger partial charge on any atom is -0.383 e. The van der Waals surface area contributed by atoms with E-state index < -0.39 is 0 Å². The fourth-order valence-corrected chi connectivity index (χ4v) is 3.90. The number of nitrogens with one attached hydrogen (secondary N) is 2. The third kappa shape index (κ3) is 5.35. The molecule has 28 heavy (non-hydrogen) atoms. The summed E-state index contributed by atoms with van der Waals surface area (Å²) in [6.45, 7) is 5.18. The zero-order chi connectivity index (χ0) is 19.9. The largest absolute Gasteiger partial charge is 0.383 e. The van der Waals surface area contributed by atoms with Crippen molar-refractivity contribution >= 4 is 11.6 Å². The summed E-state index contributed by atoms with van der Waals surface area (Å²) in [6.07, 6.45) is 6.06. The predicted molar refractivity (Wildman–Crippen MR) is 115 cm³/mol. The minimum absolute atomic E-state index is 0.0377. The Morgan fingerprint density at radius 3 is 2.57 bits per heavy atom. The summed E-state index contributed by atoms with van der Waals surface area (Å²) in [5.74, 6) is -0.0377. The second-order valence-corrected chi connectivity index (χ2v) is 7.84. The van der Waals surface area contributed by atoms with Gasteiger partial charge in [0.2, 0.25) is 0 Å². The van der Waals surface area contributed by atoms with Gasteiger partial charge < -0.3 is 15.4 Å².